The molecule has 0 saturated heterocycles. The van der Waals surface area contributed by atoms with Crippen LogP contribution in [0.1, 0.15) is 86.6 Å². The summed E-state index contributed by atoms with van der Waals surface area (Å²) >= 11 is 0. The van der Waals surface area contributed by atoms with Gasteiger partial charge in [0.15, 0.2) is 0 Å². The molecule has 1 aliphatic rings. The quantitative estimate of drug-likeness (QED) is 0.223. The van der Waals surface area contributed by atoms with Crippen LogP contribution in [-0.2, 0) is 28.6 Å². The van der Waals surface area contributed by atoms with Crippen LogP contribution in [0, 0.1) is 0 Å². The van der Waals surface area contributed by atoms with Crippen molar-refractivity contribution in [1.82, 2.24) is 9.97 Å². The summed E-state index contributed by atoms with van der Waals surface area (Å²) in [4.78, 5) is 8.04. The third-order valence-corrected chi connectivity index (χ3v) is 8.73. The maximum atomic E-state index is 10.5. The summed E-state index contributed by atoms with van der Waals surface area (Å²) in [6.45, 7) is 11.5. The molecule has 2 aromatic heterocycles. The monoisotopic (exact) mass is 511 g/mol. The molecule has 0 bridgehead atoms. The van der Waals surface area contributed by atoms with Crippen molar-refractivity contribution < 1.29 is 9.84 Å². The molecule has 0 aliphatic heterocycles. The van der Waals surface area contributed by atoms with Gasteiger partial charge in [0, 0.05) is 42.7 Å². The van der Waals surface area contributed by atoms with Crippen LogP contribution in [0.25, 0.3) is 10.9 Å². The molecule has 200 valence electrons. The minimum Gasteiger partial charge on any atom is -0.386 e. The number of methoxy groups -OCH3 is 1. The molecule has 5 nitrogen and oxygen atoms in total. The van der Waals surface area contributed by atoms with Gasteiger partial charge in [0.2, 0.25) is 0 Å². The normalized spacial score (nSPS) is 16.6. The zero-order valence-corrected chi connectivity index (χ0v) is 23.6. The molecular formula is C33H41N3O2. The second-order valence-corrected chi connectivity index (χ2v) is 11.8. The Kier molecular flexibility index (Phi) is 7.10. The summed E-state index contributed by atoms with van der Waals surface area (Å²) in [7, 11) is 1.78. The second-order valence-electron chi connectivity index (χ2n) is 11.8. The van der Waals surface area contributed by atoms with Crippen LogP contribution < -0.4 is 5.32 Å². The molecule has 5 rings (SSSR count). The smallest absolute Gasteiger partial charge is 0.0996 e. The number of ether oxygens (including phenoxy) is 1. The number of H-pyrrole nitrogens is 1. The number of aliphatic hydroxyl groups is 1. The van der Waals surface area contributed by atoms with Gasteiger partial charge >= 0.3 is 0 Å². The lowest BCUT2D eigenvalue weighted by Crippen LogP contribution is -2.26. The molecule has 2 heterocycles. The highest BCUT2D eigenvalue weighted by atomic mass is 16.5. The Morgan fingerprint density at radius 1 is 1.11 bits per heavy atom. The third-order valence-electron chi connectivity index (χ3n) is 8.73. The van der Waals surface area contributed by atoms with Crippen molar-refractivity contribution in [3.63, 3.8) is 0 Å². The van der Waals surface area contributed by atoms with Crippen molar-refractivity contribution >= 4 is 16.6 Å². The number of hydrogen-bond donors (Lipinski definition) is 3. The van der Waals surface area contributed by atoms with E-state index in [4.69, 9.17) is 4.74 Å². The van der Waals surface area contributed by atoms with E-state index in [1.807, 2.05) is 32.2 Å². The molecule has 38 heavy (non-hydrogen) atoms. The average Bonchev–Trinajstić information content (AvgIpc) is 3.52. The lowest BCUT2D eigenvalue weighted by Gasteiger charge is -2.34. The average molecular weight is 512 g/mol. The molecule has 0 amide bonds. The standard InChI is InChI=1S/C33H41N3O2/c1-21(25-17-19-35-31-27(25)14-15-29(31)38-6)32(2,3)23-10-12-24(13-11-23)34-18-16-22-20-36-30-26(22)8-7-9-28(30)33(4,5)37/h7-13,17,19-21,29,34,36-37H,14-16,18H2,1-6H3. The Labute approximate surface area is 226 Å². The minimum atomic E-state index is -0.878. The fraction of sp³-hybridized carbons (Fsp3) is 0.424. The number of para-hydroxylation sites is 1. The van der Waals surface area contributed by atoms with Gasteiger partial charge in [-0.2, -0.15) is 0 Å². The Balaban J connectivity index is 1.26. The molecular weight excluding hydrogens is 470 g/mol. The molecule has 2 unspecified atom stereocenters. The fourth-order valence-corrected chi connectivity index (χ4v) is 6.05. The Hall–Kier alpha value is -3.15. The van der Waals surface area contributed by atoms with E-state index < -0.39 is 5.60 Å². The predicted molar refractivity (Wildman–Crippen MR) is 156 cm³/mol. The van der Waals surface area contributed by atoms with Gasteiger partial charge in [-0.25, -0.2) is 0 Å². The predicted octanol–water partition coefficient (Wildman–Crippen LogP) is 7.16. The number of benzene rings is 2. The first-order valence-corrected chi connectivity index (χ1v) is 13.8. The van der Waals surface area contributed by atoms with E-state index in [1.54, 1.807) is 7.11 Å². The van der Waals surface area contributed by atoms with Crippen LogP contribution in [0.4, 0.5) is 5.69 Å². The van der Waals surface area contributed by atoms with E-state index in [0.717, 1.165) is 48.3 Å². The van der Waals surface area contributed by atoms with E-state index in [0.29, 0.717) is 5.92 Å². The molecule has 4 aromatic rings. The van der Waals surface area contributed by atoms with Crippen molar-refractivity contribution in [2.24, 2.45) is 0 Å². The lowest BCUT2D eigenvalue weighted by atomic mass is 9.70. The topological polar surface area (TPSA) is 70.2 Å². The Morgan fingerprint density at radius 3 is 2.58 bits per heavy atom. The summed E-state index contributed by atoms with van der Waals surface area (Å²) in [5, 5.41) is 15.3. The number of nitrogens with zero attached hydrogens (tertiary/aromatic N) is 1. The number of pyridine rings is 1. The van der Waals surface area contributed by atoms with Gasteiger partial charge in [0.1, 0.15) is 0 Å². The number of nitrogens with one attached hydrogen (secondary N) is 2. The molecule has 2 atom stereocenters. The first kappa shape index (κ1) is 26.5. The van der Waals surface area contributed by atoms with Crippen molar-refractivity contribution in [3.8, 4) is 0 Å². The molecule has 0 radical (unpaired) electrons. The summed E-state index contributed by atoms with van der Waals surface area (Å²) < 4.78 is 5.67. The molecule has 0 fully saturated rings. The highest BCUT2D eigenvalue weighted by Crippen LogP contribution is 2.43. The van der Waals surface area contributed by atoms with Crippen LogP contribution in [-0.4, -0.2) is 28.7 Å². The molecule has 3 N–H and O–H groups in total. The molecule has 5 heteroatoms. The van der Waals surface area contributed by atoms with Gasteiger partial charge in [-0.1, -0.05) is 51.1 Å². The minimum absolute atomic E-state index is 0.0267. The summed E-state index contributed by atoms with van der Waals surface area (Å²) in [6.07, 6.45) is 7.09. The van der Waals surface area contributed by atoms with Crippen LogP contribution in [0.5, 0.6) is 0 Å². The lowest BCUT2D eigenvalue weighted by molar-refractivity contribution is 0.0800. The maximum absolute atomic E-state index is 10.5. The SMILES string of the molecule is COC1CCc2c(C(C)C(C)(C)c3ccc(NCCc4c[nH]c5c(C(C)(C)O)cccc45)cc3)ccnc21. The van der Waals surface area contributed by atoms with E-state index >= 15 is 0 Å². The first-order valence-electron chi connectivity index (χ1n) is 13.8. The van der Waals surface area contributed by atoms with Gasteiger partial charge in [0.25, 0.3) is 0 Å². The second kappa shape index (κ2) is 10.2. The Bertz CT molecular complexity index is 1410. The summed E-state index contributed by atoms with van der Waals surface area (Å²) in [5.74, 6) is 0.351. The summed E-state index contributed by atoms with van der Waals surface area (Å²) in [6, 6.07) is 17.3. The van der Waals surface area contributed by atoms with E-state index in [1.165, 1.54) is 27.6 Å². The number of aromatic amines is 1. The van der Waals surface area contributed by atoms with Crippen LogP contribution in [0.15, 0.2) is 60.9 Å². The largest absolute Gasteiger partial charge is 0.386 e. The summed E-state index contributed by atoms with van der Waals surface area (Å²) in [5.41, 5.74) is 8.66. The molecule has 2 aromatic carbocycles. The highest BCUT2D eigenvalue weighted by Gasteiger charge is 2.34. The van der Waals surface area contributed by atoms with Crippen molar-refractivity contribution in [2.75, 3.05) is 19.0 Å². The van der Waals surface area contributed by atoms with Gasteiger partial charge in [-0.3, -0.25) is 4.98 Å². The highest BCUT2D eigenvalue weighted by molar-refractivity contribution is 5.86. The van der Waals surface area contributed by atoms with Gasteiger partial charge in [-0.15, -0.1) is 0 Å². The number of anilines is 1. The van der Waals surface area contributed by atoms with Crippen molar-refractivity contribution in [1.29, 1.82) is 0 Å². The van der Waals surface area contributed by atoms with E-state index in [9.17, 15) is 5.11 Å². The maximum Gasteiger partial charge on any atom is 0.0996 e. The number of rotatable bonds is 9. The van der Waals surface area contributed by atoms with Crippen LogP contribution in [0.3, 0.4) is 0 Å². The van der Waals surface area contributed by atoms with E-state index in [-0.39, 0.29) is 11.5 Å². The van der Waals surface area contributed by atoms with Crippen molar-refractivity contribution in [2.45, 2.75) is 76.9 Å². The zero-order valence-electron chi connectivity index (χ0n) is 23.6. The number of aromatic nitrogens is 2. The van der Waals surface area contributed by atoms with Gasteiger partial charge in [0.05, 0.1) is 22.9 Å². The number of hydrogen-bond acceptors (Lipinski definition) is 4. The molecule has 0 spiro atoms. The fourth-order valence-electron chi connectivity index (χ4n) is 6.05. The zero-order chi connectivity index (χ0) is 27.1. The molecule has 1 aliphatic carbocycles. The first-order chi connectivity index (χ1) is 18.1. The van der Waals surface area contributed by atoms with E-state index in [2.05, 4.69) is 78.7 Å². The molecule has 0 saturated carbocycles. The number of fused-ring (bicyclic) bond motifs is 2. The Morgan fingerprint density at radius 2 is 1.87 bits per heavy atom. The third kappa shape index (κ3) is 4.85. The van der Waals surface area contributed by atoms with Crippen LogP contribution in [0.2, 0.25) is 0 Å². The van der Waals surface area contributed by atoms with Crippen LogP contribution >= 0.6 is 0 Å². The van der Waals surface area contributed by atoms with Gasteiger partial charge in [-0.05, 0) is 84.9 Å². The van der Waals surface area contributed by atoms with Crippen molar-refractivity contribution in [3.05, 3.63) is 94.4 Å². The van der Waals surface area contributed by atoms with Gasteiger partial charge < -0.3 is 20.1 Å².